The smallest absolute Gasteiger partial charge is 0.326 e. The normalized spacial score (nSPS) is 21.6. The third-order valence-corrected chi connectivity index (χ3v) is 4.57. The van der Waals surface area contributed by atoms with Gasteiger partial charge in [0, 0.05) is 0 Å². The number of nitrogens with one attached hydrogen (secondary N) is 1. The molecule has 0 bridgehead atoms. The summed E-state index contributed by atoms with van der Waals surface area (Å²) >= 11 is 0. The zero-order valence-electron chi connectivity index (χ0n) is 14.4. The molecule has 0 spiro atoms. The molecule has 130 valence electrons. The van der Waals surface area contributed by atoms with E-state index in [0.29, 0.717) is 17.7 Å². The predicted octanol–water partition coefficient (Wildman–Crippen LogP) is 1.42. The van der Waals surface area contributed by atoms with Gasteiger partial charge in [-0.3, -0.25) is 9.59 Å². The molecule has 2 unspecified atom stereocenters. The van der Waals surface area contributed by atoms with Gasteiger partial charge in [-0.25, -0.2) is 9.69 Å². The van der Waals surface area contributed by atoms with Crippen LogP contribution in [-0.2, 0) is 15.1 Å². The zero-order chi connectivity index (χ0) is 18.1. The van der Waals surface area contributed by atoms with Crippen molar-refractivity contribution in [2.75, 3.05) is 7.11 Å². The van der Waals surface area contributed by atoms with Gasteiger partial charge in [-0.1, -0.05) is 19.9 Å². The summed E-state index contributed by atoms with van der Waals surface area (Å²) in [4.78, 5) is 38.0. The van der Waals surface area contributed by atoms with Crippen LogP contribution in [0.25, 0.3) is 0 Å². The Balaban J connectivity index is 2.51. The molecule has 3 N–H and O–H groups in total. The Morgan fingerprint density at radius 3 is 2.50 bits per heavy atom. The number of imide groups is 1. The van der Waals surface area contributed by atoms with Crippen LogP contribution in [0.2, 0.25) is 0 Å². The first-order chi connectivity index (χ1) is 11.3. The number of hydrogen-bond acceptors (Lipinski definition) is 4. The maximum absolute atomic E-state index is 13.0. The van der Waals surface area contributed by atoms with Crippen LogP contribution < -0.4 is 15.8 Å². The molecule has 1 aliphatic heterocycles. The van der Waals surface area contributed by atoms with Crippen molar-refractivity contribution in [3.63, 3.8) is 0 Å². The summed E-state index contributed by atoms with van der Waals surface area (Å²) in [5.74, 6) is -0.453. The molecule has 0 radical (unpaired) electrons. The van der Waals surface area contributed by atoms with Crippen LogP contribution in [0.1, 0.15) is 37.8 Å². The van der Waals surface area contributed by atoms with Gasteiger partial charge in [0.15, 0.2) is 0 Å². The fourth-order valence-electron chi connectivity index (χ4n) is 3.17. The number of carbonyl (C=O) groups is 3. The van der Waals surface area contributed by atoms with Crippen molar-refractivity contribution in [1.29, 1.82) is 0 Å². The summed E-state index contributed by atoms with van der Waals surface area (Å²) in [6.07, 6.45) is 0.630. The summed E-state index contributed by atoms with van der Waals surface area (Å²) in [6, 6.07) is 3.78. The molecular weight excluding hydrogens is 310 g/mol. The Morgan fingerprint density at radius 2 is 2.04 bits per heavy atom. The lowest BCUT2D eigenvalue weighted by Crippen LogP contribution is -2.49. The van der Waals surface area contributed by atoms with Crippen molar-refractivity contribution in [1.82, 2.24) is 10.2 Å². The number of primary amides is 1. The van der Waals surface area contributed by atoms with Crippen molar-refractivity contribution in [3.8, 4) is 5.75 Å². The minimum atomic E-state index is -1.20. The minimum Gasteiger partial charge on any atom is -0.496 e. The van der Waals surface area contributed by atoms with Crippen LogP contribution in [0.15, 0.2) is 18.2 Å². The summed E-state index contributed by atoms with van der Waals surface area (Å²) in [5, 5.41) is 2.76. The Hall–Kier alpha value is -2.57. The predicted molar refractivity (Wildman–Crippen MR) is 88.4 cm³/mol. The lowest BCUT2D eigenvalue weighted by molar-refractivity contribution is -0.137. The van der Waals surface area contributed by atoms with Crippen LogP contribution in [0.3, 0.4) is 0 Å². The topological polar surface area (TPSA) is 102 Å². The van der Waals surface area contributed by atoms with E-state index in [1.54, 1.807) is 26.2 Å². The third-order valence-electron chi connectivity index (χ3n) is 4.57. The molecule has 0 saturated carbocycles. The van der Waals surface area contributed by atoms with Crippen molar-refractivity contribution < 1.29 is 19.1 Å². The average molecular weight is 333 g/mol. The van der Waals surface area contributed by atoms with Crippen molar-refractivity contribution in [2.24, 2.45) is 5.73 Å². The highest BCUT2D eigenvalue weighted by Crippen LogP contribution is 2.35. The molecule has 7 nitrogen and oxygen atoms in total. The first-order valence-electron chi connectivity index (χ1n) is 7.92. The molecule has 24 heavy (non-hydrogen) atoms. The van der Waals surface area contributed by atoms with E-state index in [1.165, 1.54) is 0 Å². The number of rotatable bonds is 6. The number of benzene rings is 1. The van der Waals surface area contributed by atoms with Gasteiger partial charge in [0.1, 0.15) is 17.3 Å². The number of carbonyl (C=O) groups excluding carboxylic acids is 3. The first-order valence-corrected chi connectivity index (χ1v) is 7.92. The van der Waals surface area contributed by atoms with Crippen LogP contribution in [0, 0.1) is 6.92 Å². The second-order valence-electron chi connectivity index (χ2n) is 5.88. The number of nitrogens with zero attached hydrogens (tertiary/aromatic N) is 1. The van der Waals surface area contributed by atoms with E-state index in [2.05, 4.69) is 5.32 Å². The number of hydrogen-bond donors (Lipinski definition) is 2. The van der Waals surface area contributed by atoms with E-state index in [0.717, 1.165) is 10.5 Å². The molecule has 1 aromatic rings. The zero-order valence-corrected chi connectivity index (χ0v) is 14.4. The van der Waals surface area contributed by atoms with Gasteiger partial charge >= 0.3 is 6.03 Å². The first kappa shape index (κ1) is 17.8. The maximum Gasteiger partial charge on any atom is 0.326 e. The van der Waals surface area contributed by atoms with Crippen LogP contribution >= 0.6 is 0 Å². The Labute approximate surface area is 141 Å². The van der Waals surface area contributed by atoms with Gasteiger partial charge in [-0.05, 0) is 43.0 Å². The van der Waals surface area contributed by atoms with E-state index in [1.807, 2.05) is 19.9 Å². The van der Waals surface area contributed by atoms with E-state index >= 15 is 0 Å². The number of urea groups is 1. The van der Waals surface area contributed by atoms with E-state index in [9.17, 15) is 14.4 Å². The van der Waals surface area contributed by atoms with Gasteiger partial charge in [0.2, 0.25) is 5.91 Å². The summed E-state index contributed by atoms with van der Waals surface area (Å²) < 4.78 is 5.24. The second-order valence-corrected chi connectivity index (χ2v) is 5.88. The van der Waals surface area contributed by atoms with Crippen LogP contribution in [0.4, 0.5) is 4.79 Å². The van der Waals surface area contributed by atoms with Crippen LogP contribution in [0.5, 0.6) is 5.75 Å². The quantitative estimate of drug-likeness (QED) is 0.769. The van der Waals surface area contributed by atoms with Gasteiger partial charge in [0.05, 0.1) is 7.11 Å². The molecule has 1 heterocycles. The van der Waals surface area contributed by atoms with Crippen molar-refractivity contribution in [2.45, 2.75) is 45.2 Å². The van der Waals surface area contributed by atoms with Crippen LogP contribution in [-0.4, -0.2) is 35.9 Å². The summed E-state index contributed by atoms with van der Waals surface area (Å²) in [5.41, 5.74) is 5.66. The number of methoxy groups -OCH3 is 1. The number of nitrogens with two attached hydrogens (primary N) is 1. The lowest BCUT2D eigenvalue weighted by atomic mass is 9.86. The van der Waals surface area contributed by atoms with E-state index in [-0.39, 0.29) is 6.42 Å². The molecule has 0 aromatic heterocycles. The Bertz CT molecular complexity index is 688. The molecule has 0 aliphatic carbocycles. The SMILES string of the molecule is CCC(C(N)=O)N1C(=O)NC(CC)(c2ccc(OC)c(C)c2)C1=O. The van der Waals surface area contributed by atoms with Crippen molar-refractivity contribution >= 4 is 17.8 Å². The van der Waals surface area contributed by atoms with E-state index < -0.39 is 29.4 Å². The number of ether oxygens (including phenoxy) is 1. The molecule has 1 saturated heterocycles. The van der Waals surface area contributed by atoms with E-state index in [4.69, 9.17) is 10.5 Å². The lowest BCUT2D eigenvalue weighted by Gasteiger charge is -2.28. The summed E-state index contributed by atoms with van der Waals surface area (Å²) in [6.45, 7) is 5.38. The average Bonchev–Trinajstić information content (AvgIpc) is 2.80. The fourth-order valence-corrected chi connectivity index (χ4v) is 3.17. The maximum atomic E-state index is 13.0. The van der Waals surface area contributed by atoms with Crippen molar-refractivity contribution in [3.05, 3.63) is 29.3 Å². The molecule has 2 atom stereocenters. The highest BCUT2D eigenvalue weighted by Gasteiger charge is 2.54. The highest BCUT2D eigenvalue weighted by molar-refractivity contribution is 6.10. The summed E-state index contributed by atoms with van der Waals surface area (Å²) in [7, 11) is 1.57. The van der Waals surface area contributed by atoms with Gasteiger partial charge in [-0.15, -0.1) is 0 Å². The number of aryl methyl sites for hydroxylation is 1. The van der Waals surface area contributed by atoms with Gasteiger partial charge in [0.25, 0.3) is 5.91 Å². The molecule has 1 aliphatic rings. The fraction of sp³-hybridized carbons (Fsp3) is 0.471. The molecule has 4 amide bonds. The van der Waals surface area contributed by atoms with Gasteiger partial charge < -0.3 is 15.8 Å². The number of amides is 4. The molecule has 2 rings (SSSR count). The Kier molecular flexibility index (Phi) is 4.82. The molecule has 7 heteroatoms. The second kappa shape index (κ2) is 6.51. The standard InChI is InChI=1S/C17H23N3O4/c1-5-12(14(18)21)20-15(22)17(6-2,19-16(20)23)11-7-8-13(24-4)10(3)9-11/h7-9,12H,5-6H2,1-4H3,(H2,18,21)(H,19,23). The molecule has 1 aromatic carbocycles. The van der Waals surface area contributed by atoms with Gasteiger partial charge in [-0.2, -0.15) is 0 Å². The molecular formula is C17H23N3O4. The monoisotopic (exact) mass is 333 g/mol. The minimum absolute atomic E-state index is 0.274. The molecule has 1 fully saturated rings. The Morgan fingerprint density at radius 1 is 1.38 bits per heavy atom. The third kappa shape index (κ3) is 2.60. The largest absolute Gasteiger partial charge is 0.496 e. The highest BCUT2D eigenvalue weighted by atomic mass is 16.5.